The van der Waals surface area contributed by atoms with E-state index >= 15 is 0 Å². The Labute approximate surface area is 287 Å². The second kappa shape index (κ2) is 13.1. The summed E-state index contributed by atoms with van der Waals surface area (Å²) in [5.74, 6) is 1.28. The van der Waals surface area contributed by atoms with Gasteiger partial charge < -0.3 is 28.8 Å². The predicted octanol–water partition coefficient (Wildman–Crippen LogP) is 5.70. The maximum Gasteiger partial charge on any atom is 0.410 e. The molecule has 0 aliphatic carbocycles. The molecule has 6 rings (SSSR count). The standard InChI is InChI=1S/C37H45N7O5/c1-9-41(7)21-32(45)44-19-29-31(20-44)48-35(40-29)26-14-10-12-24(22(26)2)25-13-11-15-27(23(25)3)39-34(46)33-38-28-18-43(17-16-30(28)42(33)8)36(47)49-37(4,5)6/h10-15H,9,16-21H2,1-8H3,(H,39,46). The normalized spacial score (nSPS) is 14.2. The van der Waals surface area contributed by atoms with Crippen molar-refractivity contribution in [3.05, 3.63) is 76.2 Å². The van der Waals surface area contributed by atoms with Gasteiger partial charge in [0.25, 0.3) is 5.91 Å². The van der Waals surface area contributed by atoms with Gasteiger partial charge >= 0.3 is 6.09 Å². The van der Waals surface area contributed by atoms with Gasteiger partial charge in [0.2, 0.25) is 11.8 Å². The summed E-state index contributed by atoms with van der Waals surface area (Å²) in [7, 11) is 3.76. The molecule has 0 radical (unpaired) electrons. The maximum atomic E-state index is 13.6. The lowest BCUT2D eigenvalue weighted by molar-refractivity contribution is -0.132. The fourth-order valence-electron chi connectivity index (χ4n) is 6.39. The van der Waals surface area contributed by atoms with E-state index in [1.54, 1.807) is 9.80 Å². The van der Waals surface area contributed by atoms with E-state index in [4.69, 9.17) is 14.1 Å². The molecule has 49 heavy (non-hydrogen) atoms. The van der Waals surface area contributed by atoms with Crippen molar-refractivity contribution < 1.29 is 23.5 Å². The molecule has 12 heteroatoms. The van der Waals surface area contributed by atoms with Gasteiger partial charge in [0.1, 0.15) is 17.1 Å². The molecule has 2 aliphatic rings. The number of fused-ring (bicyclic) bond motifs is 2. The number of amides is 3. The topological polar surface area (TPSA) is 126 Å². The molecule has 258 valence electrons. The third-order valence-corrected chi connectivity index (χ3v) is 9.30. The first-order chi connectivity index (χ1) is 23.2. The number of imidazole rings is 1. The first-order valence-corrected chi connectivity index (χ1v) is 16.7. The van der Waals surface area contributed by atoms with E-state index in [2.05, 4.69) is 16.4 Å². The van der Waals surface area contributed by atoms with E-state index < -0.39 is 5.60 Å². The van der Waals surface area contributed by atoms with Crippen LogP contribution in [0.5, 0.6) is 0 Å². The lowest BCUT2D eigenvalue weighted by atomic mass is 9.93. The fourth-order valence-corrected chi connectivity index (χ4v) is 6.39. The van der Waals surface area contributed by atoms with Gasteiger partial charge in [0, 0.05) is 37.0 Å². The third kappa shape index (κ3) is 6.82. The van der Waals surface area contributed by atoms with Gasteiger partial charge in [-0.25, -0.2) is 14.8 Å². The molecular formula is C37H45N7O5. The smallest absolute Gasteiger partial charge is 0.410 e. The minimum atomic E-state index is -0.592. The van der Waals surface area contributed by atoms with Crippen LogP contribution in [0, 0.1) is 13.8 Å². The van der Waals surface area contributed by atoms with Crippen molar-refractivity contribution in [1.82, 2.24) is 29.2 Å². The zero-order valence-electron chi connectivity index (χ0n) is 29.6. The summed E-state index contributed by atoms with van der Waals surface area (Å²) >= 11 is 0. The van der Waals surface area contributed by atoms with E-state index in [1.807, 2.05) is 95.4 Å². The zero-order chi connectivity index (χ0) is 35.2. The summed E-state index contributed by atoms with van der Waals surface area (Å²) in [6.07, 6.45) is 0.193. The number of anilines is 1. The minimum Gasteiger partial charge on any atom is -0.444 e. The van der Waals surface area contributed by atoms with Crippen molar-refractivity contribution in [3.63, 3.8) is 0 Å². The summed E-state index contributed by atoms with van der Waals surface area (Å²) in [5, 5.41) is 3.08. The third-order valence-electron chi connectivity index (χ3n) is 9.30. The Morgan fingerprint density at radius 2 is 1.61 bits per heavy atom. The van der Waals surface area contributed by atoms with Crippen LogP contribution in [0.4, 0.5) is 10.5 Å². The number of nitrogens with one attached hydrogen (secondary N) is 1. The van der Waals surface area contributed by atoms with E-state index in [0.717, 1.165) is 51.5 Å². The van der Waals surface area contributed by atoms with Crippen LogP contribution in [-0.4, -0.2) is 79.4 Å². The van der Waals surface area contributed by atoms with Crippen LogP contribution >= 0.6 is 0 Å². The molecule has 0 saturated heterocycles. The molecule has 0 fully saturated rings. The summed E-state index contributed by atoms with van der Waals surface area (Å²) in [6.45, 7) is 14.4. The van der Waals surface area contributed by atoms with Gasteiger partial charge in [0.15, 0.2) is 5.82 Å². The van der Waals surface area contributed by atoms with Gasteiger partial charge in [-0.15, -0.1) is 0 Å². The number of carbonyl (C=O) groups excluding carboxylic acids is 3. The van der Waals surface area contributed by atoms with Crippen molar-refractivity contribution in [1.29, 1.82) is 0 Å². The van der Waals surface area contributed by atoms with Crippen LogP contribution in [0.1, 0.15) is 72.3 Å². The molecule has 0 bridgehead atoms. The van der Waals surface area contributed by atoms with E-state index in [0.29, 0.717) is 49.9 Å². The molecule has 0 spiro atoms. The molecule has 0 atom stereocenters. The maximum absolute atomic E-state index is 13.6. The molecule has 2 aromatic heterocycles. The molecule has 1 N–H and O–H groups in total. The molecule has 4 aromatic rings. The number of hydrogen-bond acceptors (Lipinski definition) is 8. The highest BCUT2D eigenvalue weighted by atomic mass is 16.6. The van der Waals surface area contributed by atoms with Gasteiger partial charge in [-0.05, 0) is 82.6 Å². The van der Waals surface area contributed by atoms with Crippen LogP contribution < -0.4 is 5.32 Å². The highest BCUT2D eigenvalue weighted by Gasteiger charge is 2.32. The van der Waals surface area contributed by atoms with E-state index in [9.17, 15) is 14.4 Å². The second-order valence-corrected chi connectivity index (χ2v) is 13.9. The van der Waals surface area contributed by atoms with Crippen LogP contribution in [0.3, 0.4) is 0 Å². The zero-order valence-corrected chi connectivity index (χ0v) is 29.6. The van der Waals surface area contributed by atoms with Gasteiger partial charge in [-0.3, -0.25) is 14.5 Å². The molecule has 0 saturated carbocycles. The van der Waals surface area contributed by atoms with Gasteiger partial charge in [-0.2, -0.15) is 0 Å². The van der Waals surface area contributed by atoms with E-state index in [-0.39, 0.29) is 30.3 Å². The Morgan fingerprint density at radius 1 is 0.939 bits per heavy atom. The Kier molecular flexibility index (Phi) is 9.10. The molecule has 3 amide bonds. The summed E-state index contributed by atoms with van der Waals surface area (Å²) in [5.41, 5.74) is 7.27. The van der Waals surface area contributed by atoms with Crippen LogP contribution in [-0.2, 0) is 42.6 Å². The number of carbonyl (C=O) groups is 3. The number of rotatable bonds is 7. The van der Waals surface area contributed by atoms with E-state index in [1.165, 1.54) is 0 Å². The Bertz CT molecular complexity index is 1910. The number of benzene rings is 2. The van der Waals surface area contributed by atoms with Gasteiger partial charge in [-0.1, -0.05) is 31.2 Å². The largest absolute Gasteiger partial charge is 0.444 e. The molecule has 2 aliphatic heterocycles. The SMILES string of the molecule is CCN(C)CC(=O)N1Cc2nc(-c3cccc(-c4cccc(NC(=O)c5nc6c(n5C)CCN(C(=O)OC(C)(C)C)C6)c4C)c3C)oc2C1. The van der Waals surface area contributed by atoms with Crippen molar-refractivity contribution in [2.45, 2.75) is 73.2 Å². The summed E-state index contributed by atoms with van der Waals surface area (Å²) < 4.78 is 13.6. The molecule has 2 aromatic carbocycles. The summed E-state index contributed by atoms with van der Waals surface area (Å²) in [4.78, 5) is 53.8. The average Bonchev–Trinajstić information content (AvgIpc) is 3.73. The molecule has 0 unspecified atom stereocenters. The predicted molar refractivity (Wildman–Crippen MR) is 186 cm³/mol. The number of nitrogens with zero attached hydrogens (tertiary/aromatic N) is 6. The first kappa shape index (κ1) is 33.9. The number of ether oxygens (including phenoxy) is 1. The van der Waals surface area contributed by atoms with Crippen LogP contribution in [0.15, 0.2) is 40.8 Å². The average molecular weight is 668 g/mol. The lowest BCUT2D eigenvalue weighted by Crippen LogP contribution is -2.40. The van der Waals surface area contributed by atoms with Gasteiger partial charge in [0.05, 0.1) is 31.9 Å². The number of hydrogen-bond donors (Lipinski definition) is 1. The van der Waals surface area contributed by atoms with Crippen LogP contribution in [0.25, 0.3) is 22.6 Å². The first-order valence-electron chi connectivity index (χ1n) is 16.7. The van der Waals surface area contributed by atoms with Crippen molar-refractivity contribution in [2.24, 2.45) is 7.05 Å². The lowest BCUT2D eigenvalue weighted by Gasteiger charge is -2.29. The highest BCUT2D eigenvalue weighted by Crippen LogP contribution is 2.37. The van der Waals surface area contributed by atoms with Crippen LogP contribution in [0.2, 0.25) is 0 Å². The van der Waals surface area contributed by atoms with Crippen molar-refractivity contribution in [2.75, 3.05) is 32.0 Å². The Morgan fingerprint density at radius 3 is 2.31 bits per heavy atom. The Balaban J connectivity index is 1.19. The minimum absolute atomic E-state index is 0.0621. The number of oxazole rings is 1. The van der Waals surface area contributed by atoms with Crippen molar-refractivity contribution >= 4 is 23.6 Å². The molecule has 4 heterocycles. The highest BCUT2D eigenvalue weighted by molar-refractivity contribution is 6.03. The number of aromatic nitrogens is 3. The van der Waals surface area contributed by atoms with Crippen molar-refractivity contribution in [3.8, 4) is 22.6 Å². The quantitative estimate of drug-likeness (QED) is 0.266. The fraction of sp³-hybridized carbons (Fsp3) is 0.432. The molecule has 12 nitrogen and oxygen atoms in total. The molecular weight excluding hydrogens is 622 g/mol. The Hall–Kier alpha value is -4.97. The number of likely N-dealkylation sites (N-methyl/N-ethyl adjacent to an activating group) is 1. The second-order valence-electron chi connectivity index (χ2n) is 13.9. The monoisotopic (exact) mass is 667 g/mol. The summed E-state index contributed by atoms with van der Waals surface area (Å²) in [6, 6.07) is 11.9.